The molecule has 6 heteroatoms. The minimum atomic E-state index is -0.392. The highest BCUT2D eigenvalue weighted by Gasteiger charge is 2.16. The Morgan fingerprint density at radius 2 is 2.29 bits per heavy atom. The van der Waals surface area contributed by atoms with Gasteiger partial charge in [0.15, 0.2) is 5.11 Å². The number of nitrogens with two attached hydrogens (primary N) is 1. The lowest BCUT2D eigenvalue weighted by molar-refractivity contribution is -0.145. The lowest BCUT2D eigenvalue weighted by Gasteiger charge is -2.09. The lowest BCUT2D eigenvalue weighted by atomic mass is 10.1. The Morgan fingerprint density at radius 1 is 1.71 bits per heavy atom. The Morgan fingerprint density at radius 3 is 2.71 bits per heavy atom. The maximum atomic E-state index is 11.2. The predicted molar refractivity (Wildman–Crippen MR) is 58.8 cm³/mol. The van der Waals surface area contributed by atoms with Gasteiger partial charge in [-0.3, -0.25) is 10.2 Å². The minimum Gasteiger partial charge on any atom is -0.465 e. The van der Waals surface area contributed by atoms with Gasteiger partial charge in [0, 0.05) is 5.71 Å². The molecular formula is C8H15N3O2S. The molecule has 0 radical (unpaired) electrons. The first-order valence-corrected chi connectivity index (χ1v) is 4.66. The van der Waals surface area contributed by atoms with E-state index in [9.17, 15) is 4.79 Å². The third-order valence-corrected chi connectivity index (χ3v) is 1.70. The fourth-order valence-electron chi connectivity index (χ4n) is 0.678. The third kappa shape index (κ3) is 4.76. The molecule has 0 aromatic heterocycles. The van der Waals surface area contributed by atoms with Gasteiger partial charge in [-0.25, -0.2) is 0 Å². The summed E-state index contributed by atoms with van der Waals surface area (Å²) in [7, 11) is 0. The first-order valence-electron chi connectivity index (χ1n) is 4.25. The number of ether oxygens (including phenoxy) is 1. The molecular weight excluding hydrogens is 202 g/mol. The van der Waals surface area contributed by atoms with Crippen molar-refractivity contribution < 1.29 is 9.53 Å². The fraction of sp³-hybridized carbons (Fsp3) is 0.625. The van der Waals surface area contributed by atoms with Crippen LogP contribution in [0.15, 0.2) is 5.10 Å². The van der Waals surface area contributed by atoms with Gasteiger partial charge in [-0.15, -0.1) is 0 Å². The van der Waals surface area contributed by atoms with E-state index in [1.807, 2.05) is 0 Å². The Kier molecular flexibility index (Phi) is 5.78. The van der Waals surface area contributed by atoms with Crippen LogP contribution in [0, 0.1) is 5.92 Å². The Balaban J connectivity index is 4.22. The second-order valence-corrected chi connectivity index (χ2v) is 3.14. The van der Waals surface area contributed by atoms with Crippen molar-refractivity contribution in [3.8, 4) is 0 Å². The van der Waals surface area contributed by atoms with Crippen LogP contribution in [-0.4, -0.2) is 23.4 Å². The van der Waals surface area contributed by atoms with E-state index in [0.717, 1.165) is 0 Å². The summed E-state index contributed by atoms with van der Waals surface area (Å²) in [5.74, 6) is -0.699. The smallest absolute Gasteiger partial charge is 0.314 e. The van der Waals surface area contributed by atoms with Gasteiger partial charge in [0.2, 0.25) is 0 Å². The van der Waals surface area contributed by atoms with Crippen LogP contribution in [0.2, 0.25) is 0 Å². The fourth-order valence-corrected chi connectivity index (χ4v) is 0.724. The molecule has 0 aliphatic heterocycles. The number of hydrazone groups is 1. The van der Waals surface area contributed by atoms with Gasteiger partial charge in [0.25, 0.3) is 0 Å². The molecule has 0 spiro atoms. The van der Waals surface area contributed by atoms with Crippen LogP contribution in [0.5, 0.6) is 0 Å². The average Bonchev–Trinajstić information content (AvgIpc) is 2.13. The highest BCUT2D eigenvalue weighted by Crippen LogP contribution is 2.01. The van der Waals surface area contributed by atoms with Gasteiger partial charge in [0.1, 0.15) is 0 Å². The van der Waals surface area contributed by atoms with E-state index in [-0.39, 0.29) is 11.1 Å². The minimum absolute atomic E-state index is 0.0698. The second-order valence-electron chi connectivity index (χ2n) is 2.70. The maximum absolute atomic E-state index is 11.2. The Labute approximate surface area is 88.7 Å². The summed E-state index contributed by atoms with van der Waals surface area (Å²) in [5, 5.41) is 3.90. The van der Waals surface area contributed by atoms with Gasteiger partial charge < -0.3 is 10.5 Å². The summed E-state index contributed by atoms with van der Waals surface area (Å²) in [6, 6.07) is 0. The van der Waals surface area contributed by atoms with E-state index in [4.69, 9.17) is 10.5 Å². The largest absolute Gasteiger partial charge is 0.465 e. The van der Waals surface area contributed by atoms with Crippen molar-refractivity contribution >= 4 is 29.0 Å². The topological polar surface area (TPSA) is 76.7 Å². The van der Waals surface area contributed by atoms with Crippen LogP contribution in [0.25, 0.3) is 0 Å². The number of nitrogens with one attached hydrogen (secondary N) is 1. The summed E-state index contributed by atoms with van der Waals surface area (Å²) in [4.78, 5) is 11.2. The molecule has 0 rings (SSSR count). The summed E-state index contributed by atoms with van der Waals surface area (Å²) < 4.78 is 4.82. The van der Waals surface area contributed by atoms with E-state index >= 15 is 0 Å². The number of thiocarbonyl (C=S) groups is 1. The highest BCUT2D eigenvalue weighted by molar-refractivity contribution is 7.80. The third-order valence-electron chi connectivity index (χ3n) is 1.61. The molecule has 0 saturated heterocycles. The molecule has 1 atom stereocenters. The van der Waals surface area contributed by atoms with Crippen molar-refractivity contribution in [1.29, 1.82) is 0 Å². The zero-order valence-corrected chi connectivity index (χ0v) is 9.35. The summed E-state index contributed by atoms with van der Waals surface area (Å²) in [5.41, 5.74) is 8.17. The molecule has 0 amide bonds. The van der Waals surface area contributed by atoms with Crippen LogP contribution >= 0.6 is 12.2 Å². The molecule has 0 saturated carbocycles. The van der Waals surface area contributed by atoms with Crippen molar-refractivity contribution in [2.75, 3.05) is 6.61 Å². The molecule has 3 N–H and O–H groups in total. The number of carbonyl (C=O) groups is 1. The van der Waals surface area contributed by atoms with Gasteiger partial charge in [0.05, 0.1) is 12.5 Å². The lowest BCUT2D eigenvalue weighted by Crippen LogP contribution is -2.28. The summed E-state index contributed by atoms with van der Waals surface area (Å²) >= 11 is 4.56. The summed E-state index contributed by atoms with van der Waals surface area (Å²) in [6.45, 7) is 5.52. The van der Waals surface area contributed by atoms with Crippen molar-refractivity contribution in [1.82, 2.24) is 5.43 Å². The van der Waals surface area contributed by atoms with Gasteiger partial charge in [-0.2, -0.15) is 5.10 Å². The number of hydrogen-bond donors (Lipinski definition) is 2. The van der Waals surface area contributed by atoms with E-state index in [1.54, 1.807) is 20.8 Å². The molecule has 0 bridgehead atoms. The molecule has 1 unspecified atom stereocenters. The van der Waals surface area contributed by atoms with Crippen molar-refractivity contribution in [2.45, 2.75) is 20.8 Å². The SMILES string of the molecule is CCOC(=O)C(C)/C(C)=N\NC(N)=S. The number of carbonyl (C=O) groups excluding carboxylic acids is 1. The highest BCUT2D eigenvalue weighted by atomic mass is 32.1. The van der Waals surface area contributed by atoms with Crippen LogP contribution in [0.1, 0.15) is 20.8 Å². The van der Waals surface area contributed by atoms with Crippen LogP contribution in [-0.2, 0) is 9.53 Å². The summed E-state index contributed by atoms with van der Waals surface area (Å²) in [6.07, 6.45) is 0. The first kappa shape index (κ1) is 12.8. The Hall–Kier alpha value is -1.17. The molecule has 0 aromatic rings. The molecule has 0 fully saturated rings. The molecule has 0 aliphatic rings. The number of hydrogen-bond acceptors (Lipinski definition) is 4. The van der Waals surface area contributed by atoms with Gasteiger partial charge in [-0.05, 0) is 33.0 Å². The first-order chi connectivity index (χ1) is 6.49. The molecule has 0 aliphatic carbocycles. The second kappa shape index (κ2) is 6.31. The van der Waals surface area contributed by atoms with Crippen molar-refractivity contribution in [3.05, 3.63) is 0 Å². The standard InChI is InChI=1S/C8H15N3O2S/c1-4-13-7(12)5(2)6(3)10-11-8(9)14/h5H,4H2,1-3H3,(H3,9,11,14)/b10-6-. The Bertz CT molecular complexity index is 253. The zero-order chi connectivity index (χ0) is 11.1. The van der Waals surface area contributed by atoms with E-state index < -0.39 is 5.92 Å². The van der Waals surface area contributed by atoms with E-state index in [1.165, 1.54) is 0 Å². The molecule has 5 nitrogen and oxygen atoms in total. The molecule has 0 heterocycles. The quantitative estimate of drug-likeness (QED) is 0.308. The zero-order valence-electron chi connectivity index (χ0n) is 8.53. The molecule has 0 aromatic carbocycles. The number of nitrogens with zero attached hydrogens (tertiary/aromatic N) is 1. The van der Waals surface area contributed by atoms with Crippen LogP contribution in [0.3, 0.4) is 0 Å². The molecule has 14 heavy (non-hydrogen) atoms. The van der Waals surface area contributed by atoms with Crippen molar-refractivity contribution in [3.63, 3.8) is 0 Å². The predicted octanol–water partition coefficient (Wildman–Crippen LogP) is 0.395. The average molecular weight is 217 g/mol. The normalized spacial score (nSPS) is 13.2. The van der Waals surface area contributed by atoms with Crippen LogP contribution < -0.4 is 11.2 Å². The number of esters is 1. The van der Waals surface area contributed by atoms with Gasteiger partial charge in [-0.1, -0.05) is 0 Å². The molecule has 80 valence electrons. The van der Waals surface area contributed by atoms with Crippen LogP contribution in [0.4, 0.5) is 0 Å². The van der Waals surface area contributed by atoms with Crippen molar-refractivity contribution in [2.24, 2.45) is 16.8 Å². The maximum Gasteiger partial charge on any atom is 0.314 e. The van der Waals surface area contributed by atoms with E-state index in [2.05, 4.69) is 22.7 Å². The van der Waals surface area contributed by atoms with Gasteiger partial charge >= 0.3 is 5.97 Å². The number of rotatable bonds is 4. The van der Waals surface area contributed by atoms with E-state index in [0.29, 0.717) is 12.3 Å². The monoisotopic (exact) mass is 217 g/mol.